The highest BCUT2D eigenvalue weighted by Gasteiger charge is 2.40. The van der Waals surface area contributed by atoms with Crippen molar-refractivity contribution < 1.29 is 50.5 Å². The maximum Gasteiger partial charge on any atom is 0.511 e. The van der Waals surface area contributed by atoms with Gasteiger partial charge in [0, 0.05) is 5.56 Å². The van der Waals surface area contributed by atoms with Gasteiger partial charge in [0.05, 0.1) is 46.9 Å². The number of hydrogen-bond acceptors (Lipinski definition) is 10. The number of hydrogen-bond donors (Lipinski definition) is 1. The second-order valence-electron chi connectivity index (χ2n) is 9.13. The molecule has 0 aliphatic carbocycles. The van der Waals surface area contributed by atoms with Crippen LogP contribution in [0.1, 0.15) is 18.2 Å². The number of nitrogens with one attached hydrogen (secondary N) is 1. The van der Waals surface area contributed by atoms with E-state index in [1.807, 2.05) is 11.6 Å². The molecule has 230 valence electrons. The minimum atomic E-state index is -4.71. The molecule has 18 heteroatoms. The van der Waals surface area contributed by atoms with Gasteiger partial charge in [0.2, 0.25) is 11.2 Å². The summed E-state index contributed by atoms with van der Waals surface area (Å²) in [4.78, 5) is 27.7. The first kappa shape index (κ1) is 31.1. The molecule has 1 amide bonds. The minimum absolute atomic E-state index is 0.00979. The number of carbonyl (C=O) groups is 2. The third-order valence-electron chi connectivity index (χ3n) is 6.07. The molecular formula is C25H25F3N6O8S. The van der Waals surface area contributed by atoms with Crippen molar-refractivity contribution in [2.75, 3.05) is 26.5 Å². The minimum Gasteiger partial charge on any atom is -0.569 e. The average molecular weight is 627 g/mol. The van der Waals surface area contributed by atoms with E-state index in [4.69, 9.17) is 0 Å². The molecule has 0 radical (unpaired) electrons. The van der Waals surface area contributed by atoms with Gasteiger partial charge in [0.15, 0.2) is 5.69 Å². The Labute approximate surface area is 242 Å². The van der Waals surface area contributed by atoms with Crippen LogP contribution in [0.25, 0.3) is 16.9 Å². The topological polar surface area (TPSA) is 167 Å². The third-order valence-corrected chi connectivity index (χ3v) is 7.43. The normalized spacial score (nSPS) is 14.2. The summed E-state index contributed by atoms with van der Waals surface area (Å²) in [5.74, 6) is -1.76. The summed E-state index contributed by atoms with van der Waals surface area (Å²) >= 11 is 0. The average Bonchev–Trinajstić information content (AvgIpc) is 3.37. The first-order valence-corrected chi connectivity index (χ1v) is 14.0. The van der Waals surface area contributed by atoms with Gasteiger partial charge in [-0.15, -0.1) is 5.01 Å². The molecule has 2 heterocycles. The van der Waals surface area contributed by atoms with Crippen LogP contribution in [-0.4, -0.2) is 66.7 Å². The molecule has 0 bridgehead atoms. The maximum atomic E-state index is 13.5. The second-order valence-corrected chi connectivity index (χ2v) is 10.8. The number of halogens is 3. The van der Waals surface area contributed by atoms with Crippen molar-refractivity contribution in [1.82, 2.24) is 19.5 Å². The quantitative estimate of drug-likeness (QED) is 0.0878. The Morgan fingerprint density at radius 1 is 1.12 bits per heavy atom. The predicted molar refractivity (Wildman–Crippen MR) is 139 cm³/mol. The first-order chi connectivity index (χ1) is 20.3. The zero-order valence-corrected chi connectivity index (χ0v) is 23.5. The predicted octanol–water partition coefficient (Wildman–Crippen LogP) is 3.54. The Bertz CT molecular complexity index is 1600. The molecule has 1 aliphatic rings. The van der Waals surface area contributed by atoms with Gasteiger partial charge in [-0.05, 0) is 44.2 Å². The van der Waals surface area contributed by atoms with Crippen LogP contribution in [0, 0.1) is 18.0 Å². The van der Waals surface area contributed by atoms with Gasteiger partial charge in [-0.1, -0.05) is 29.8 Å². The molecule has 1 aliphatic heterocycles. The second kappa shape index (κ2) is 12.6. The van der Waals surface area contributed by atoms with Crippen molar-refractivity contribution in [3.63, 3.8) is 0 Å². The van der Waals surface area contributed by atoms with Gasteiger partial charge < -0.3 is 19.5 Å². The lowest BCUT2D eigenvalue weighted by Crippen LogP contribution is -2.56. The highest BCUT2D eigenvalue weighted by molar-refractivity contribution is 7.90. The van der Waals surface area contributed by atoms with Crippen LogP contribution in [0.4, 0.5) is 18.0 Å². The summed E-state index contributed by atoms with van der Waals surface area (Å²) in [6, 6.07) is 12.4. The van der Waals surface area contributed by atoms with Crippen LogP contribution >= 0.6 is 0 Å². The molecule has 1 N–H and O–H groups in total. The van der Waals surface area contributed by atoms with E-state index in [0.717, 1.165) is 33.5 Å². The monoisotopic (exact) mass is 626 g/mol. The smallest absolute Gasteiger partial charge is 0.511 e. The number of ether oxygens (including phenoxy) is 2. The number of alkyl halides is 3. The van der Waals surface area contributed by atoms with Crippen LogP contribution in [0.15, 0.2) is 64.8 Å². The zero-order valence-electron chi connectivity index (χ0n) is 22.6. The Morgan fingerprint density at radius 3 is 2.37 bits per heavy atom. The van der Waals surface area contributed by atoms with Gasteiger partial charge in [-0.25, -0.2) is 22.6 Å². The van der Waals surface area contributed by atoms with E-state index in [-0.39, 0.29) is 40.9 Å². The van der Waals surface area contributed by atoms with E-state index in [1.165, 1.54) is 12.1 Å². The van der Waals surface area contributed by atoms with E-state index in [9.17, 15) is 36.4 Å². The van der Waals surface area contributed by atoms with Crippen molar-refractivity contribution in [2.24, 2.45) is 11.2 Å². The van der Waals surface area contributed by atoms with Gasteiger partial charge in [-0.2, -0.15) is 18.3 Å². The molecule has 0 saturated carbocycles. The van der Waals surface area contributed by atoms with Crippen molar-refractivity contribution in [2.45, 2.75) is 24.9 Å². The zero-order chi connectivity index (χ0) is 31.4. The van der Waals surface area contributed by atoms with Crippen LogP contribution in [0.5, 0.6) is 0 Å². The fraction of sp³-hybridized carbons (Fsp3) is 0.320. The largest absolute Gasteiger partial charge is 0.569 e. The van der Waals surface area contributed by atoms with E-state index in [2.05, 4.69) is 24.7 Å². The summed E-state index contributed by atoms with van der Waals surface area (Å²) in [5, 5.41) is 19.7. The lowest BCUT2D eigenvalue weighted by atomic mass is 10.0. The Kier molecular flexibility index (Phi) is 9.07. The molecule has 2 aromatic carbocycles. The summed E-state index contributed by atoms with van der Waals surface area (Å²) in [7, 11) is -4.36. The number of aromatic nitrogens is 2. The Morgan fingerprint density at radius 2 is 1.77 bits per heavy atom. The fourth-order valence-corrected chi connectivity index (χ4v) is 4.85. The molecule has 43 heavy (non-hydrogen) atoms. The number of carbonyl (C=O) groups excluding carboxylic acids is 2. The SMILES string of the molecule is CCOC(=O)OCO/N=[N+](/[O-])N1CC(C(=O)NS(=O)(=O)c2ccc(-n3nc(C(F)(F)F)cc3-c3ccc(C)cc3)cc2)C1. The molecule has 4 rings (SSSR count). The Balaban J connectivity index is 1.39. The van der Waals surface area contributed by atoms with Gasteiger partial charge in [0.1, 0.15) is 0 Å². The highest BCUT2D eigenvalue weighted by atomic mass is 32.2. The van der Waals surface area contributed by atoms with Crippen molar-refractivity contribution >= 4 is 22.1 Å². The summed E-state index contributed by atoms with van der Waals surface area (Å²) in [6.07, 6.45) is -5.73. The molecule has 0 atom stereocenters. The van der Waals surface area contributed by atoms with Crippen LogP contribution < -0.4 is 4.72 Å². The number of sulfonamides is 1. The molecule has 0 unspecified atom stereocenters. The van der Waals surface area contributed by atoms with E-state index in [0.29, 0.717) is 5.56 Å². The molecular weight excluding hydrogens is 601 g/mol. The highest BCUT2D eigenvalue weighted by Crippen LogP contribution is 2.33. The van der Waals surface area contributed by atoms with Crippen molar-refractivity contribution in [1.29, 1.82) is 0 Å². The van der Waals surface area contributed by atoms with Crippen molar-refractivity contribution in [3.8, 4) is 16.9 Å². The standard InChI is InChI=1S/C25H25F3N6O8S/c1-3-40-24(36)41-15-42-31-34(37)32-13-18(14-32)23(35)30-43(38,39)20-10-8-19(9-11-20)33-21(12-22(29-33)25(26,27)28)17-6-4-16(2)5-7-17/h4-12,18H,3,13-15H2,1-2H3,(H,30,35)/b34-31+. The maximum absolute atomic E-state index is 13.5. The molecule has 0 spiro atoms. The number of rotatable bonds is 10. The molecule has 1 fully saturated rings. The first-order valence-electron chi connectivity index (χ1n) is 12.5. The number of hydrazine groups is 1. The van der Waals surface area contributed by atoms with E-state index >= 15 is 0 Å². The number of nitrogens with zero attached hydrogens (tertiary/aromatic N) is 5. The number of amides is 1. The number of aryl methyl sites for hydroxylation is 1. The fourth-order valence-electron chi connectivity index (χ4n) is 3.81. The van der Waals surface area contributed by atoms with E-state index < -0.39 is 46.7 Å². The lowest BCUT2D eigenvalue weighted by molar-refractivity contribution is -0.726. The molecule has 1 aromatic heterocycles. The number of benzene rings is 2. The van der Waals surface area contributed by atoms with Crippen LogP contribution in [0.3, 0.4) is 0 Å². The lowest BCUT2D eigenvalue weighted by Gasteiger charge is -2.32. The molecule has 1 saturated heterocycles. The summed E-state index contributed by atoms with van der Waals surface area (Å²) in [6.45, 7) is 2.42. The molecule has 14 nitrogen and oxygen atoms in total. The van der Waals surface area contributed by atoms with Gasteiger partial charge >= 0.3 is 12.3 Å². The molecule has 3 aromatic rings. The Hall–Kier alpha value is -4.87. The van der Waals surface area contributed by atoms with Crippen molar-refractivity contribution in [3.05, 3.63) is 71.1 Å². The summed E-state index contributed by atoms with van der Waals surface area (Å²) < 4.78 is 77.9. The van der Waals surface area contributed by atoms with Gasteiger partial charge in [0.25, 0.3) is 16.8 Å². The summed E-state index contributed by atoms with van der Waals surface area (Å²) in [5.41, 5.74) is 0.544. The van der Waals surface area contributed by atoms with Crippen LogP contribution in [-0.2, 0) is 35.3 Å². The van der Waals surface area contributed by atoms with Gasteiger partial charge in [-0.3, -0.25) is 4.79 Å². The van der Waals surface area contributed by atoms with Crippen LogP contribution in [0.2, 0.25) is 0 Å². The third kappa shape index (κ3) is 7.51. The van der Waals surface area contributed by atoms with E-state index in [1.54, 1.807) is 31.2 Å².